The Labute approximate surface area is 190 Å². The van der Waals surface area contributed by atoms with Crippen molar-refractivity contribution < 1.29 is 14.3 Å². The fourth-order valence-corrected chi connectivity index (χ4v) is 3.99. The molecule has 8 nitrogen and oxygen atoms in total. The van der Waals surface area contributed by atoms with Crippen LogP contribution in [0.15, 0.2) is 61.3 Å². The number of ether oxygens (including phenoxy) is 2. The number of carbonyl (C=O) groups is 1. The lowest BCUT2D eigenvalue weighted by atomic mass is 10.1. The van der Waals surface area contributed by atoms with Crippen LogP contribution in [0, 0.1) is 0 Å². The lowest BCUT2D eigenvalue weighted by molar-refractivity contribution is -0.111. The molecule has 0 fully saturated rings. The summed E-state index contributed by atoms with van der Waals surface area (Å²) in [5, 5.41) is 5.94. The van der Waals surface area contributed by atoms with E-state index in [9.17, 15) is 4.79 Å². The number of nitrogens with zero attached hydrogens (tertiary/aromatic N) is 3. The minimum atomic E-state index is -0.303. The molecule has 2 heterocycles. The van der Waals surface area contributed by atoms with Crippen LogP contribution in [0.3, 0.4) is 0 Å². The molecule has 0 atom stereocenters. The number of benzene rings is 2. The van der Waals surface area contributed by atoms with E-state index in [1.165, 1.54) is 24.4 Å². The van der Waals surface area contributed by atoms with Gasteiger partial charge in [0.25, 0.3) is 5.88 Å². The highest BCUT2D eigenvalue weighted by Gasteiger charge is 2.19. The Morgan fingerprint density at radius 2 is 2.12 bits per heavy atom. The molecular weight excluding hydrogens is 426 g/mol. The maximum atomic E-state index is 11.6. The summed E-state index contributed by atoms with van der Waals surface area (Å²) in [6.45, 7) is 4.46. The third kappa shape index (κ3) is 4.78. The second-order valence-corrected chi connectivity index (χ2v) is 7.70. The fourth-order valence-electron chi connectivity index (χ4n) is 3.34. The first kappa shape index (κ1) is 21.5. The molecule has 0 bridgehead atoms. The smallest absolute Gasteiger partial charge is 0.267 e. The Balaban J connectivity index is 1.54. The number of methoxy groups -OCH3 is 1. The van der Waals surface area contributed by atoms with Crippen molar-refractivity contribution in [1.29, 1.82) is 0 Å². The summed E-state index contributed by atoms with van der Waals surface area (Å²) in [7, 11) is 1.53. The highest BCUT2D eigenvalue weighted by atomic mass is 32.2. The van der Waals surface area contributed by atoms with Crippen LogP contribution >= 0.6 is 11.9 Å². The van der Waals surface area contributed by atoms with E-state index < -0.39 is 0 Å². The Hall–Kier alpha value is -3.72. The minimum Gasteiger partial charge on any atom is -0.490 e. The molecule has 164 valence electrons. The first-order valence-corrected chi connectivity index (χ1v) is 11.1. The van der Waals surface area contributed by atoms with Gasteiger partial charge >= 0.3 is 0 Å². The molecule has 0 aliphatic carbocycles. The van der Waals surface area contributed by atoms with Crippen molar-refractivity contribution in [1.82, 2.24) is 9.97 Å². The van der Waals surface area contributed by atoms with Gasteiger partial charge in [-0.05, 0) is 48.4 Å². The summed E-state index contributed by atoms with van der Waals surface area (Å²) >= 11 is 1.73. The number of hydrogen-bond donors (Lipinski definition) is 2. The Bertz CT molecular complexity index is 1150. The molecule has 2 aromatic carbocycles. The van der Waals surface area contributed by atoms with Gasteiger partial charge in [0.1, 0.15) is 5.75 Å². The van der Waals surface area contributed by atoms with Gasteiger partial charge in [-0.15, -0.1) is 0 Å². The van der Waals surface area contributed by atoms with Gasteiger partial charge in [-0.1, -0.05) is 24.6 Å². The topological polar surface area (TPSA) is 88.6 Å². The van der Waals surface area contributed by atoms with Crippen LogP contribution in [0.1, 0.15) is 5.56 Å². The summed E-state index contributed by atoms with van der Waals surface area (Å²) in [5.41, 5.74) is 4.01. The number of fused-ring (bicyclic) bond motifs is 1. The Kier molecular flexibility index (Phi) is 6.46. The number of nitrogens with one attached hydrogen (secondary N) is 2. The van der Waals surface area contributed by atoms with E-state index in [-0.39, 0.29) is 11.8 Å². The molecule has 0 saturated carbocycles. The summed E-state index contributed by atoms with van der Waals surface area (Å²) in [6.07, 6.45) is 5.84. The second kappa shape index (κ2) is 9.61. The third-order valence-corrected chi connectivity index (χ3v) is 5.67. The molecule has 1 aliphatic rings. The van der Waals surface area contributed by atoms with Gasteiger partial charge in [0.15, 0.2) is 5.75 Å². The SMILES string of the molecule is C=CC(=O)Nc1cccc(Oc2nc(Nc3ccc4c(c3)CCN4SC)ncc2OC)c1. The van der Waals surface area contributed by atoms with E-state index >= 15 is 0 Å². The van der Waals surface area contributed by atoms with Gasteiger partial charge in [0, 0.05) is 30.2 Å². The number of amides is 1. The van der Waals surface area contributed by atoms with Crippen LogP contribution in [0.2, 0.25) is 0 Å². The normalized spacial score (nSPS) is 12.1. The number of aromatic nitrogens is 2. The average Bonchev–Trinajstić information content (AvgIpc) is 3.22. The molecule has 2 N–H and O–H groups in total. The minimum absolute atomic E-state index is 0.256. The maximum Gasteiger partial charge on any atom is 0.267 e. The molecule has 3 aromatic rings. The van der Waals surface area contributed by atoms with E-state index in [0.29, 0.717) is 23.1 Å². The summed E-state index contributed by atoms with van der Waals surface area (Å²) in [6, 6.07) is 13.2. The monoisotopic (exact) mass is 449 g/mol. The maximum absolute atomic E-state index is 11.6. The van der Waals surface area contributed by atoms with Gasteiger partial charge in [0.2, 0.25) is 11.9 Å². The Morgan fingerprint density at radius 1 is 1.25 bits per heavy atom. The van der Waals surface area contributed by atoms with Crippen molar-refractivity contribution in [3.63, 3.8) is 0 Å². The zero-order chi connectivity index (χ0) is 22.5. The quantitative estimate of drug-likeness (QED) is 0.375. The average molecular weight is 450 g/mol. The van der Waals surface area contributed by atoms with E-state index in [2.05, 4.69) is 49.9 Å². The molecule has 0 unspecified atom stereocenters. The second-order valence-electron chi connectivity index (χ2n) is 6.89. The van der Waals surface area contributed by atoms with Crippen LogP contribution in [-0.4, -0.2) is 35.8 Å². The lowest BCUT2D eigenvalue weighted by Gasteiger charge is -2.15. The Morgan fingerprint density at radius 3 is 2.91 bits per heavy atom. The largest absolute Gasteiger partial charge is 0.490 e. The standard InChI is InChI=1S/C23H23N5O3S/c1-4-21(29)25-16-6-5-7-18(13-16)31-22-20(30-2)14-24-23(27-22)26-17-8-9-19-15(12-17)10-11-28(19)32-3/h4-9,12-14H,1,10-11H2,2-3H3,(H,25,29)(H,24,26,27). The zero-order valence-corrected chi connectivity index (χ0v) is 18.6. The van der Waals surface area contributed by atoms with Crippen LogP contribution in [-0.2, 0) is 11.2 Å². The first-order valence-electron chi connectivity index (χ1n) is 9.93. The van der Waals surface area contributed by atoms with Crippen molar-refractivity contribution >= 4 is 40.9 Å². The predicted molar refractivity (Wildman–Crippen MR) is 128 cm³/mol. The zero-order valence-electron chi connectivity index (χ0n) is 17.8. The van der Waals surface area contributed by atoms with Crippen molar-refractivity contribution in [3.05, 3.63) is 66.9 Å². The van der Waals surface area contributed by atoms with Gasteiger partial charge in [-0.2, -0.15) is 4.98 Å². The predicted octanol–water partition coefficient (Wildman–Crippen LogP) is 4.79. The fraction of sp³-hybridized carbons (Fsp3) is 0.174. The molecule has 1 aromatic heterocycles. The van der Waals surface area contributed by atoms with Crippen LogP contribution < -0.4 is 24.4 Å². The number of hydrogen-bond acceptors (Lipinski definition) is 8. The van der Waals surface area contributed by atoms with E-state index in [0.717, 1.165) is 18.7 Å². The molecule has 1 amide bonds. The number of anilines is 4. The number of carbonyl (C=O) groups excluding carboxylic acids is 1. The molecule has 9 heteroatoms. The number of rotatable bonds is 8. The lowest BCUT2D eigenvalue weighted by Crippen LogP contribution is -2.08. The third-order valence-electron chi connectivity index (χ3n) is 4.85. The summed E-state index contributed by atoms with van der Waals surface area (Å²) in [4.78, 5) is 20.4. The molecule has 0 radical (unpaired) electrons. The van der Waals surface area contributed by atoms with E-state index in [4.69, 9.17) is 9.47 Å². The van der Waals surface area contributed by atoms with Crippen molar-refractivity contribution in [2.45, 2.75) is 6.42 Å². The van der Waals surface area contributed by atoms with Gasteiger partial charge in [-0.25, -0.2) is 4.98 Å². The molecular formula is C23H23N5O3S. The first-order chi connectivity index (χ1) is 15.6. The van der Waals surface area contributed by atoms with Crippen molar-refractivity contribution in [3.8, 4) is 17.4 Å². The highest BCUT2D eigenvalue weighted by molar-refractivity contribution is 8.00. The summed E-state index contributed by atoms with van der Waals surface area (Å²) in [5.74, 6) is 1.22. The van der Waals surface area contributed by atoms with Crippen molar-refractivity contribution in [2.75, 3.05) is 34.8 Å². The van der Waals surface area contributed by atoms with Gasteiger partial charge in [-0.3, -0.25) is 4.79 Å². The van der Waals surface area contributed by atoms with Crippen LogP contribution in [0.4, 0.5) is 23.0 Å². The molecule has 4 rings (SSSR count). The molecule has 0 spiro atoms. The van der Waals surface area contributed by atoms with Crippen molar-refractivity contribution in [2.24, 2.45) is 0 Å². The molecule has 32 heavy (non-hydrogen) atoms. The van der Waals surface area contributed by atoms with Gasteiger partial charge < -0.3 is 24.4 Å². The molecule has 0 saturated heterocycles. The van der Waals surface area contributed by atoms with Gasteiger partial charge in [0.05, 0.1) is 19.0 Å². The van der Waals surface area contributed by atoms with E-state index in [1.54, 1.807) is 42.4 Å². The van der Waals surface area contributed by atoms with E-state index in [1.807, 2.05) is 6.07 Å². The van der Waals surface area contributed by atoms with Crippen LogP contribution in [0.25, 0.3) is 0 Å². The molecule has 1 aliphatic heterocycles. The van der Waals surface area contributed by atoms with Crippen LogP contribution in [0.5, 0.6) is 17.4 Å². The summed E-state index contributed by atoms with van der Waals surface area (Å²) < 4.78 is 13.6. The highest BCUT2D eigenvalue weighted by Crippen LogP contribution is 2.35.